The molecule has 1 aliphatic heterocycles. The Morgan fingerprint density at radius 1 is 1.50 bits per heavy atom. The van der Waals surface area contributed by atoms with Crippen molar-refractivity contribution in [2.75, 3.05) is 30.8 Å². The maximum atomic E-state index is 11.7. The first kappa shape index (κ1) is 11.5. The molecule has 1 aromatic heterocycles. The van der Waals surface area contributed by atoms with Crippen molar-refractivity contribution in [3.63, 3.8) is 0 Å². The average Bonchev–Trinajstić information content (AvgIpc) is 2.29. The van der Waals surface area contributed by atoms with Crippen LogP contribution in [0.4, 0.5) is 5.82 Å². The SMILES string of the molecule is CSc1ccc(N2CCN[C@H](C)C2)[nH]c1=O. The van der Waals surface area contributed by atoms with Crippen molar-refractivity contribution < 1.29 is 0 Å². The van der Waals surface area contributed by atoms with Crippen molar-refractivity contribution in [2.45, 2.75) is 17.9 Å². The fourth-order valence-corrected chi connectivity index (χ4v) is 2.39. The molecule has 0 bridgehead atoms. The van der Waals surface area contributed by atoms with Crippen LogP contribution in [0.2, 0.25) is 0 Å². The topological polar surface area (TPSA) is 48.1 Å². The number of rotatable bonds is 2. The first-order valence-corrected chi connectivity index (χ1v) is 6.69. The quantitative estimate of drug-likeness (QED) is 0.753. The van der Waals surface area contributed by atoms with E-state index in [1.807, 2.05) is 18.4 Å². The van der Waals surface area contributed by atoms with Gasteiger partial charge in [0.2, 0.25) is 0 Å². The summed E-state index contributed by atoms with van der Waals surface area (Å²) in [7, 11) is 0. The van der Waals surface area contributed by atoms with Gasteiger partial charge in [0.25, 0.3) is 5.56 Å². The molecular weight excluding hydrogens is 222 g/mol. The number of piperazine rings is 1. The highest BCUT2D eigenvalue weighted by atomic mass is 32.2. The summed E-state index contributed by atoms with van der Waals surface area (Å²) >= 11 is 1.48. The third-order valence-electron chi connectivity index (χ3n) is 2.79. The Labute approximate surface area is 99.4 Å². The smallest absolute Gasteiger partial charge is 0.263 e. The molecule has 0 radical (unpaired) electrons. The molecule has 1 fully saturated rings. The van der Waals surface area contributed by atoms with E-state index >= 15 is 0 Å². The van der Waals surface area contributed by atoms with Gasteiger partial charge in [-0.25, -0.2) is 0 Å². The van der Waals surface area contributed by atoms with Crippen LogP contribution in [-0.4, -0.2) is 36.9 Å². The first-order valence-electron chi connectivity index (χ1n) is 5.46. The van der Waals surface area contributed by atoms with Gasteiger partial charge in [-0.05, 0) is 25.3 Å². The summed E-state index contributed by atoms with van der Waals surface area (Å²) in [5.41, 5.74) is 0.0104. The largest absolute Gasteiger partial charge is 0.355 e. The highest BCUT2D eigenvalue weighted by Gasteiger charge is 2.16. The zero-order chi connectivity index (χ0) is 11.5. The summed E-state index contributed by atoms with van der Waals surface area (Å²) in [5, 5.41) is 3.38. The molecule has 2 rings (SSSR count). The highest BCUT2D eigenvalue weighted by molar-refractivity contribution is 7.98. The van der Waals surface area contributed by atoms with Crippen molar-refractivity contribution in [2.24, 2.45) is 0 Å². The molecule has 1 atom stereocenters. The van der Waals surface area contributed by atoms with E-state index in [0.717, 1.165) is 30.3 Å². The van der Waals surface area contributed by atoms with Gasteiger partial charge in [-0.3, -0.25) is 4.79 Å². The Kier molecular flexibility index (Phi) is 3.56. The summed E-state index contributed by atoms with van der Waals surface area (Å²) < 4.78 is 0. The summed E-state index contributed by atoms with van der Waals surface area (Å²) in [4.78, 5) is 17.6. The number of nitrogens with one attached hydrogen (secondary N) is 2. The van der Waals surface area contributed by atoms with Crippen LogP contribution in [0.15, 0.2) is 21.8 Å². The molecule has 1 saturated heterocycles. The zero-order valence-electron chi connectivity index (χ0n) is 9.62. The maximum Gasteiger partial charge on any atom is 0.263 e. The molecule has 88 valence electrons. The normalized spacial score (nSPS) is 21.1. The van der Waals surface area contributed by atoms with E-state index in [-0.39, 0.29) is 5.56 Å². The summed E-state index contributed by atoms with van der Waals surface area (Å²) in [5.74, 6) is 0.927. The van der Waals surface area contributed by atoms with E-state index < -0.39 is 0 Å². The fourth-order valence-electron chi connectivity index (χ4n) is 1.95. The van der Waals surface area contributed by atoms with Gasteiger partial charge in [0.05, 0.1) is 4.90 Å². The zero-order valence-corrected chi connectivity index (χ0v) is 10.4. The Bertz CT molecular complexity index is 418. The summed E-state index contributed by atoms with van der Waals surface area (Å²) in [6, 6.07) is 4.36. The fraction of sp³-hybridized carbons (Fsp3) is 0.545. The second-order valence-electron chi connectivity index (χ2n) is 4.04. The van der Waals surface area contributed by atoms with Gasteiger partial charge in [0.1, 0.15) is 5.82 Å². The number of H-pyrrole nitrogens is 1. The summed E-state index contributed by atoms with van der Waals surface area (Å²) in [6.45, 7) is 5.00. The minimum atomic E-state index is 0.0104. The van der Waals surface area contributed by atoms with E-state index in [9.17, 15) is 4.79 Å². The lowest BCUT2D eigenvalue weighted by Gasteiger charge is -2.33. The van der Waals surface area contributed by atoms with E-state index in [1.54, 1.807) is 0 Å². The number of aromatic nitrogens is 1. The van der Waals surface area contributed by atoms with Gasteiger partial charge in [-0.15, -0.1) is 11.8 Å². The number of hydrogen-bond acceptors (Lipinski definition) is 4. The van der Waals surface area contributed by atoms with Crippen LogP contribution in [0.1, 0.15) is 6.92 Å². The molecule has 0 saturated carbocycles. The highest BCUT2D eigenvalue weighted by Crippen LogP contribution is 2.14. The number of hydrogen-bond donors (Lipinski definition) is 2. The van der Waals surface area contributed by atoms with Crippen LogP contribution in [0, 0.1) is 0 Å². The Balaban J connectivity index is 2.20. The van der Waals surface area contributed by atoms with Crippen LogP contribution < -0.4 is 15.8 Å². The van der Waals surface area contributed by atoms with Gasteiger partial charge in [-0.1, -0.05) is 0 Å². The number of nitrogens with zero attached hydrogens (tertiary/aromatic N) is 1. The minimum absolute atomic E-state index is 0.0104. The lowest BCUT2D eigenvalue weighted by molar-refractivity contribution is 0.482. The van der Waals surface area contributed by atoms with Gasteiger partial charge in [-0.2, -0.15) is 0 Å². The Morgan fingerprint density at radius 2 is 2.31 bits per heavy atom. The molecule has 2 heterocycles. The molecule has 5 heteroatoms. The van der Waals surface area contributed by atoms with Crippen LogP contribution >= 0.6 is 11.8 Å². The van der Waals surface area contributed by atoms with Crippen molar-refractivity contribution >= 4 is 17.6 Å². The second-order valence-corrected chi connectivity index (χ2v) is 4.89. The second kappa shape index (κ2) is 4.93. The molecule has 16 heavy (non-hydrogen) atoms. The first-order chi connectivity index (χ1) is 7.70. The van der Waals surface area contributed by atoms with E-state index in [1.165, 1.54) is 11.8 Å². The monoisotopic (exact) mass is 239 g/mol. The lowest BCUT2D eigenvalue weighted by Crippen LogP contribution is -2.49. The Morgan fingerprint density at radius 3 is 2.94 bits per heavy atom. The number of anilines is 1. The van der Waals surface area contributed by atoms with Crippen molar-refractivity contribution in [3.05, 3.63) is 22.5 Å². The predicted molar refractivity (Wildman–Crippen MR) is 68.5 cm³/mol. The van der Waals surface area contributed by atoms with Crippen LogP contribution in [0.3, 0.4) is 0 Å². The molecular formula is C11H17N3OS. The van der Waals surface area contributed by atoms with Gasteiger partial charge < -0.3 is 15.2 Å². The summed E-state index contributed by atoms with van der Waals surface area (Å²) in [6.07, 6.45) is 1.91. The van der Waals surface area contributed by atoms with Crippen LogP contribution in [0.5, 0.6) is 0 Å². The average molecular weight is 239 g/mol. The number of pyridine rings is 1. The number of thioether (sulfide) groups is 1. The van der Waals surface area contributed by atoms with Gasteiger partial charge >= 0.3 is 0 Å². The third-order valence-corrected chi connectivity index (χ3v) is 3.55. The van der Waals surface area contributed by atoms with Crippen molar-refractivity contribution in [1.82, 2.24) is 10.3 Å². The van der Waals surface area contributed by atoms with E-state index in [0.29, 0.717) is 6.04 Å². The van der Waals surface area contributed by atoms with Crippen LogP contribution in [0.25, 0.3) is 0 Å². The predicted octanol–water partition coefficient (Wildman–Crippen LogP) is 0.895. The number of aromatic amines is 1. The molecule has 0 unspecified atom stereocenters. The minimum Gasteiger partial charge on any atom is -0.355 e. The van der Waals surface area contributed by atoms with Crippen molar-refractivity contribution in [1.29, 1.82) is 0 Å². The molecule has 0 amide bonds. The van der Waals surface area contributed by atoms with Gasteiger partial charge in [0, 0.05) is 25.7 Å². The van der Waals surface area contributed by atoms with Crippen LogP contribution in [-0.2, 0) is 0 Å². The molecule has 0 spiro atoms. The third kappa shape index (κ3) is 2.41. The molecule has 2 N–H and O–H groups in total. The molecule has 1 aromatic rings. The molecule has 4 nitrogen and oxygen atoms in total. The van der Waals surface area contributed by atoms with E-state index in [4.69, 9.17) is 0 Å². The van der Waals surface area contributed by atoms with Gasteiger partial charge in [0.15, 0.2) is 0 Å². The van der Waals surface area contributed by atoms with Crippen molar-refractivity contribution in [3.8, 4) is 0 Å². The molecule has 0 aliphatic carbocycles. The molecule has 0 aromatic carbocycles. The Hall–Kier alpha value is -0.940. The lowest BCUT2D eigenvalue weighted by atomic mass is 10.2. The van der Waals surface area contributed by atoms with E-state index in [2.05, 4.69) is 22.1 Å². The molecule has 1 aliphatic rings. The standard InChI is InChI=1S/C11H17N3OS/c1-8-7-14(6-5-12-8)10-4-3-9(16-2)11(15)13-10/h3-4,8,12H,5-7H2,1-2H3,(H,13,15)/t8-/m1/s1. The maximum absolute atomic E-state index is 11.7.